The predicted molar refractivity (Wildman–Crippen MR) is 72.0 cm³/mol. The van der Waals surface area contributed by atoms with Crippen molar-refractivity contribution >= 4 is 23.3 Å². The number of thiocarbonyl (C=S) groups is 1. The van der Waals surface area contributed by atoms with Crippen LogP contribution in [0.2, 0.25) is 0 Å². The Kier molecular flexibility index (Phi) is 5.68. The van der Waals surface area contributed by atoms with E-state index in [1.54, 1.807) is 0 Å². The van der Waals surface area contributed by atoms with Crippen LogP contribution in [0.25, 0.3) is 0 Å². The van der Waals surface area contributed by atoms with Gasteiger partial charge >= 0.3 is 5.97 Å². The van der Waals surface area contributed by atoms with Crippen LogP contribution in [0.3, 0.4) is 0 Å². The Morgan fingerprint density at radius 3 is 2.35 bits per heavy atom. The minimum Gasteiger partial charge on any atom is -0.480 e. The van der Waals surface area contributed by atoms with Crippen LogP contribution in [0.15, 0.2) is 0 Å². The standard InChI is InChI=1S/C12H22N2O2S/c1-8(2)10(11(15)16)14-12(17)13-9-6-4-3-5-7-9/h8-10H,3-7H2,1-2H3,(H,15,16)(H2,13,14,17)/t10-/m0/s1. The van der Waals surface area contributed by atoms with Gasteiger partial charge in [0.05, 0.1) is 0 Å². The molecule has 0 saturated heterocycles. The maximum atomic E-state index is 11.0. The smallest absolute Gasteiger partial charge is 0.326 e. The van der Waals surface area contributed by atoms with Crippen molar-refractivity contribution in [3.05, 3.63) is 0 Å². The van der Waals surface area contributed by atoms with Crippen molar-refractivity contribution < 1.29 is 9.90 Å². The zero-order valence-electron chi connectivity index (χ0n) is 10.5. The molecule has 0 aromatic carbocycles. The summed E-state index contributed by atoms with van der Waals surface area (Å²) in [5.74, 6) is -0.841. The molecule has 0 aromatic rings. The van der Waals surface area contributed by atoms with E-state index >= 15 is 0 Å². The molecule has 0 aliphatic heterocycles. The third-order valence-corrected chi connectivity index (χ3v) is 3.40. The molecule has 1 aliphatic rings. The van der Waals surface area contributed by atoms with Crippen LogP contribution >= 0.6 is 12.2 Å². The van der Waals surface area contributed by atoms with E-state index in [0.29, 0.717) is 11.2 Å². The average molecular weight is 258 g/mol. The molecule has 5 heteroatoms. The monoisotopic (exact) mass is 258 g/mol. The molecular formula is C12H22N2O2S. The van der Waals surface area contributed by atoms with E-state index in [0.717, 1.165) is 12.8 Å². The molecule has 0 radical (unpaired) electrons. The van der Waals surface area contributed by atoms with Crippen LogP contribution in [0.4, 0.5) is 0 Å². The second kappa shape index (κ2) is 6.79. The van der Waals surface area contributed by atoms with Crippen LogP contribution < -0.4 is 10.6 Å². The van der Waals surface area contributed by atoms with Crippen molar-refractivity contribution in [3.63, 3.8) is 0 Å². The number of aliphatic carboxylic acids is 1. The number of carboxylic acids is 1. The molecule has 0 heterocycles. The van der Waals surface area contributed by atoms with Gasteiger partial charge in [0.15, 0.2) is 5.11 Å². The minimum absolute atomic E-state index is 0.0126. The van der Waals surface area contributed by atoms with E-state index in [2.05, 4.69) is 10.6 Å². The number of nitrogens with one attached hydrogen (secondary N) is 2. The summed E-state index contributed by atoms with van der Waals surface area (Å²) >= 11 is 5.16. The highest BCUT2D eigenvalue weighted by Gasteiger charge is 2.23. The van der Waals surface area contributed by atoms with Crippen LogP contribution in [-0.4, -0.2) is 28.3 Å². The molecule has 1 rings (SSSR count). The molecule has 1 saturated carbocycles. The van der Waals surface area contributed by atoms with Crippen molar-refractivity contribution in [2.75, 3.05) is 0 Å². The van der Waals surface area contributed by atoms with Crippen LogP contribution in [0.1, 0.15) is 46.0 Å². The second-order valence-electron chi connectivity index (χ2n) is 5.01. The number of hydrogen-bond donors (Lipinski definition) is 3. The summed E-state index contributed by atoms with van der Waals surface area (Å²) in [4.78, 5) is 11.0. The average Bonchev–Trinajstić information content (AvgIpc) is 2.26. The first kappa shape index (κ1) is 14.2. The molecule has 1 aliphatic carbocycles. The Balaban J connectivity index is 2.38. The summed E-state index contributed by atoms with van der Waals surface area (Å²) in [6.45, 7) is 3.74. The lowest BCUT2D eigenvalue weighted by Crippen LogP contribution is -2.51. The molecule has 0 unspecified atom stereocenters. The summed E-state index contributed by atoms with van der Waals surface area (Å²) < 4.78 is 0. The summed E-state index contributed by atoms with van der Waals surface area (Å²) in [5, 5.41) is 15.6. The lowest BCUT2D eigenvalue weighted by molar-refractivity contribution is -0.140. The number of rotatable bonds is 4. The maximum Gasteiger partial charge on any atom is 0.326 e. The molecule has 1 fully saturated rings. The molecular weight excluding hydrogens is 236 g/mol. The Bertz CT molecular complexity index is 276. The Labute approximate surface area is 108 Å². The van der Waals surface area contributed by atoms with Gasteiger partial charge in [0.1, 0.15) is 6.04 Å². The highest BCUT2D eigenvalue weighted by molar-refractivity contribution is 7.80. The molecule has 0 spiro atoms. The quantitative estimate of drug-likeness (QED) is 0.672. The lowest BCUT2D eigenvalue weighted by Gasteiger charge is -2.26. The van der Waals surface area contributed by atoms with Gasteiger partial charge in [-0.2, -0.15) is 0 Å². The van der Waals surface area contributed by atoms with Gasteiger partial charge in [-0.25, -0.2) is 4.79 Å². The van der Waals surface area contributed by atoms with Crippen LogP contribution in [0.5, 0.6) is 0 Å². The first-order valence-corrected chi connectivity index (χ1v) is 6.71. The van der Waals surface area contributed by atoms with Gasteiger partial charge in [0, 0.05) is 6.04 Å². The van der Waals surface area contributed by atoms with Crippen molar-refractivity contribution in [2.24, 2.45) is 5.92 Å². The van der Waals surface area contributed by atoms with Gasteiger partial charge in [0.2, 0.25) is 0 Å². The van der Waals surface area contributed by atoms with E-state index in [9.17, 15) is 4.79 Å². The summed E-state index contributed by atoms with van der Waals surface area (Å²) in [5.41, 5.74) is 0. The third-order valence-electron chi connectivity index (χ3n) is 3.16. The van der Waals surface area contributed by atoms with E-state index in [1.165, 1.54) is 19.3 Å². The Morgan fingerprint density at radius 1 is 1.29 bits per heavy atom. The highest BCUT2D eigenvalue weighted by atomic mass is 32.1. The minimum atomic E-state index is -0.854. The Morgan fingerprint density at radius 2 is 1.88 bits per heavy atom. The van der Waals surface area contributed by atoms with Crippen LogP contribution in [-0.2, 0) is 4.79 Å². The largest absolute Gasteiger partial charge is 0.480 e. The lowest BCUT2D eigenvalue weighted by atomic mass is 9.96. The van der Waals surface area contributed by atoms with Crippen molar-refractivity contribution in [3.8, 4) is 0 Å². The Hall–Kier alpha value is -0.840. The van der Waals surface area contributed by atoms with Gasteiger partial charge < -0.3 is 15.7 Å². The highest BCUT2D eigenvalue weighted by Crippen LogP contribution is 2.17. The van der Waals surface area contributed by atoms with E-state index in [-0.39, 0.29) is 5.92 Å². The molecule has 0 bridgehead atoms. The molecule has 98 valence electrons. The van der Waals surface area contributed by atoms with Crippen molar-refractivity contribution in [2.45, 2.75) is 58.0 Å². The van der Waals surface area contributed by atoms with Gasteiger partial charge in [-0.05, 0) is 31.0 Å². The van der Waals surface area contributed by atoms with Crippen molar-refractivity contribution in [1.29, 1.82) is 0 Å². The van der Waals surface area contributed by atoms with Gasteiger partial charge in [0.25, 0.3) is 0 Å². The predicted octanol–water partition coefficient (Wildman–Crippen LogP) is 1.89. The molecule has 4 nitrogen and oxygen atoms in total. The first-order chi connectivity index (χ1) is 8.00. The molecule has 3 N–H and O–H groups in total. The molecule has 1 atom stereocenters. The molecule has 17 heavy (non-hydrogen) atoms. The fourth-order valence-electron chi connectivity index (χ4n) is 2.13. The number of carboxylic acid groups (broad SMARTS) is 1. The van der Waals surface area contributed by atoms with E-state index < -0.39 is 12.0 Å². The third kappa shape index (κ3) is 4.89. The zero-order valence-corrected chi connectivity index (χ0v) is 11.3. The molecule has 0 amide bonds. The summed E-state index contributed by atoms with van der Waals surface area (Å²) in [7, 11) is 0. The van der Waals surface area contributed by atoms with E-state index in [4.69, 9.17) is 17.3 Å². The van der Waals surface area contributed by atoms with E-state index in [1.807, 2.05) is 13.8 Å². The number of carbonyl (C=O) groups is 1. The number of hydrogen-bond acceptors (Lipinski definition) is 2. The zero-order chi connectivity index (χ0) is 12.8. The summed E-state index contributed by atoms with van der Waals surface area (Å²) in [6, 6.07) is -0.205. The first-order valence-electron chi connectivity index (χ1n) is 6.30. The second-order valence-corrected chi connectivity index (χ2v) is 5.42. The summed E-state index contributed by atoms with van der Waals surface area (Å²) in [6.07, 6.45) is 6.00. The fraction of sp³-hybridized carbons (Fsp3) is 0.833. The maximum absolute atomic E-state index is 11.0. The molecule has 0 aromatic heterocycles. The fourth-order valence-corrected chi connectivity index (χ4v) is 2.42. The van der Waals surface area contributed by atoms with Crippen LogP contribution in [0, 0.1) is 5.92 Å². The SMILES string of the molecule is CC(C)[C@H](NC(=S)NC1CCCCC1)C(=O)O. The van der Waals surface area contributed by atoms with Gasteiger partial charge in [-0.1, -0.05) is 33.1 Å². The van der Waals surface area contributed by atoms with Gasteiger partial charge in [-0.15, -0.1) is 0 Å². The topological polar surface area (TPSA) is 61.4 Å². The normalized spacial score (nSPS) is 18.8. The van der Waals surface area contributed by atoms with Gasteiger partial charge in [-0.3, -0.25) is 0 Å². The van der Waals surface area contributed by atoms with Crippen molar-refractivity contribution in [1.82, 2.24) is 10.6 Å².